The minimum atomic E-state index is -0.149. The van der Waals surface area contributed by atoms with Crippen LogP contribution in [0.1, 0.15) is 37.0 Å². The van der Waals surface area contributed by atoms with E-state index in [0.29, 0.717) is 18.2 Å². The first-order chi connectivity index (χ1) is 14.6. The molecule has 2 atom stereocenters. The molecule has 3 heterocycles. The van der Waals surface area contributed by atoms with Crippen LogP contribution in [0.4, 0.5) is 0 Å². The Bertz CT molecular complexity index is 850. The number of nitrogens with one attached hydrogen (secondary N) is 2. The van der Waals surface area contributed by atoms with E-state index in [-0.39, 0.29) is 24.1 Å². The number of fused-ring (bicyclic) bond motifs is 1. The molecule has 0 aliphatic carbocycles. The molecule has 1 aromatic carbocycles. The quantitative estimate of drug-likeness (QED) is 0.761. The fraction of sp³-hybridized carbons (Fsp3) is 0.478. The average molecular weight is 411 g/mol. The predicted octanol–water partition coefficient (Wildman–Crippen LogP) is 2.28. The van der Waals surface area contributed by atoms with E-state index in [1.165, 1.54) is 5.56 Å². The van der Waals surface area contributed by atoms with E-state index in [1.54, 1.807) is 13.2 Å². The highest BCUT2D eigenvalue weighted by Crippen LogP contribution is 2.34. The van der Waals surface area contributed by atoms with Crippen LogP contribution in [0.3, 0.4) is 0 Å². The van der Waals surface area contributed by atoms with E-state index in [4.69, 9.17) is 9.47 Å². The molecule has 0 radical (unpaired) electrons. The molecule has 4 rings (SSSR count). The van der Waals surface area contributed by atoms with Crippen molar-refractivity contribution in [2.24, 2.45) is 0 Å². The first-order valence-electron chi connectivity index (χ1n) is 10.7. The third-order valence-electron chi connectivity index (χ3n) is 5.90. The number of likely N-dealkylation sites (N-methyl/N-ethyl adjacent to an activating group) is 1. The molecule has 7 heteroatoms. The molecule has 2 aliphatic rings. The van der Waals surface area contributed by atoms with Crippen LogP contribution in [-0.4, -0.2) is 54.6 Å². The van der Waals surface area contributed by atoms with Gasteiger partial charge in [-0.1, -0.05) is 24.3 Å². The topological polar surface area (TPSA) is 75.7 Å². The van der Waals surface area contributed by atoms with Gasteiger partial charge in [0.25, 0.3) is 5.88 Å². The number of benzene rings is 1. The molecule has 0 saturated carbocycles. The van der Waals surface area contributed by atoms with Gasteiger partial charge < -0.3 is 20.1 Å². The number of hydrogen-bond donors (Lipinski definition) is 2. The summed E-state index contributed by atoms with van der Waals surface area (Å²) in [5.41, 5.74) is 2.37. The lowest BCUT2D eigenvalue weighted by Crippen LogP contribution is -2.49. The lowest BCUT2D eigenvalue weighted by molar-refractivity contribution is -0.123. The van der Waals surface area contributed by atoms with Crippen molar-refractivity contribution in [1.82, 2.24) is 20.5 Å². The number of piperidine rings is 1. The minimum absolute atomic E-state index is 0.0817. The fourth-order valence-corrected chi connectivity index (χ4v) is 3.86. The van der Waals surface area contributed by atoms with E-state index in [9.17, 15) is 4.79 Å². The average Bonchev–Trinajstić information content (AvgIpc) is 2.80. The highest BCUT2D eigenvalue weighted by atomic mass is 16.6. The Labute approximate surface area is 177 Å². The summed E-state index contributed by atoms with van der Waals surface area (Å²) in [6.07, 6.45) is 3.55. The summed E-state index contributed by atoms with van der Waals surface area (Å²) in [6, 6.07) is 12.4. The number of carbonyl (C=O) groups is 1. The molecular weight excluding hydrogens is 380 g/mol. The monoisotopic (exact) mass is 410 g/mol. The summed E-state index contributed by atoms with van der Waals surface area (Å²) in [6.45, 7) is 5.27. The van der Waals surface area contributed by atoms with Crippen molar-refractivity contribution in [3.8, 4) is 11.6 Å². The lowest BCUT2D eigenvalue weighted by Gasteiger charge is -2.33. The number of amides is 1. The van der Waals surface area contributed by atoms with Gasteiger partial charge in [-0.3, -0.25) is 9.69 Å². The van der Waals surface area contributed by atoms with Crippen LogP contribution in [0.25, 0.3) is 0 Å². The van der Waals surface area contributed by atoms with Crippen molar-refractivity contribution in [3.63, 3.8) is 0 Å². The fourth-order valence-electron chi connectivity index (χ4n) is 3.86. The van der Waals surface area contributed by atoms with Gasteiger partial charge in [0, 0.05) is 31.9 Å². The Morgan fingerprint density at radius 3 is 2.73 bits per heavy atom. The summed E-state index contributed by atoms with van der Waals surface area (Å²) in [5, 5.41) is 6.13. The number of ether oxygens (including phenoxy) is 2. The van der Waals surface area contributed by atoms with Crippen LogP contribution < -0.4 is 20.1 Å². The molecule has 0 bridgehead atoms. The van der Waals surface area contributed by atoms with Crippen LogP contribution in [0.2, 0.25) is 0 Å². The van der Waals surface area contributed by atoms with Crippen LogP contribution in [0.5, 0.6) is 11.6 Å². The number of nitrogens with zero attached hydrogens (tertiary/aromatic N) is 2. The molecule has 2 aliphatic heterocycles. The Morgan fingerprint density at radius 2 is 2.00 bits per heavy atom. The maximum absolute atomic E-state index is 12.0. The molecule has 0 spiro atoms. The van der Waals surface area contributed by atoms with Crippen molar-refractivity contribution in [2.75, 3.05) is 26.7 Å². The summed E-state index contributed by atoms with van der Waals surface area (Å²) < 4.78 is 11.8. The molecule has 1 fully saturated rings. The van der Waals surface area contributed by atoms with Crippen LogP contribution in [0.15, 0.2) is 42.6 Å². The maximum Gasteiger partial charge on any atom is 0.257 e. The Hall–Kier alpha value is -2.64. The number of hydrogen-bond acceptors (Lipinski definition) is 6. The maximum atomic E-state index is 12.0. The standard InChI is InChI=1S/C23H30N4O3/c1-16(24-2)22(28)26-19-9-12-27(13-10-19)14-17-5-7-18(8-6-17)21-15-29-20-4-3-11-25-23(20)30-21/h3-8,11,16,19,21,24H,9-10,12-15H2,1-2H3,(H,26,28)/t16-,21?/m1/s1. The molecule has 1 aromatic heterocycles. The minimum Gasteiger partial charge on any atom is -0.484 e. The van der Waals surface area contributed by atoms with Gasteiger partial charge in [-0.15, -0.1) is 0 Å². The second kappa shape index (κ2) is 9.45. The van der Waals surface area contributed by atoms with Gasteiger partial charge in [-0.2, -0.15) is 0 Å². The summed E-state index contributed by atoms with van der Waals surface area (Å²) in [5.74, 6) is 1.33. The zero-order chi connectivity index (χ0) is 20.9. The largest absolute Gasteiger partial charge is 0.484 e. The molecule has 2 aromatic rings. The van der Waals surface area contributed by atoms with Crippen molar-refractivity contribution in [1.29, 1.82) is 0 Å². The number of aromatic nitrogens is 1. The van der Waals surface area contributed by atoms with Gasteiger partial charge in [0.05, 0.1) is 6.04 Å². The zero-order valence-corrected chi connectivity index (χ0v) is 17.6. The second-order valence-electron chi connectivity index (χ2n) is 8.04. The predicted molar refractivity (Wildman–Crippen MR) is 115 cm³/mol. The lowest BCUT2D eigenvalue weighted by atomic mass is 10.0. The van der Waals surface area contributed by atoms with Crippen LogP contribution in [0, 0.1) is 0 Å². The third-order valence-corrected chi connectivity index (χ3v) is 5.90. The van der Waals surface area contributed by atoms with Crippen molar-refractivity contribution >= 4 is 5.91 Å². The van der Waals surface area contributed by atoms with Crippen molar-refractivity contribution < 1.29 is 14.3 Å². The highest BCUT2D eigenvalue weighted by Gasteiger charge is 2.24. The van der Waals surface area contributed by atoms with E-state index < -0.39 is 0 Å². The molecule has 7 nitrogen and oxygen atoms in total. The zero-order valence-electron chi connectivity index (χ0n) is 17.6. The molecular formula is C23H30N4O3. The van der Waals surface area contributed by atoms with Gasteiger partial charge in [-0.05, 0) is 50.1 Å². The van der Waals surface area contributed by atoms with E-state index >= 15 is 0 Å². The molecule has 30 heavy (non-hydrogen) atoms. The highest BCUT2D eigenvalue weighted by molar-refractivity contribution is 5.81. The Balaban J connectivity index is 1.26. The number of pyridine rings is 1. The van der Waals surface area contributed by atoms with E-state index in [2.05, 4.69) is 44.8 Å². The van der Waals surface area contributed by atoms with E-state index in [1.807, 2.05) is 19.1 Å². The number of carbonyl (C=O) groups excluding carboxylic acids is 1. The molecule has 1 unspecified atom stereocenters. The van der Waals surface area contributed by atoms with Crippen LogP contribution >= 0.6 is 0 Å². The van der Waals surface area contributed by atoms with Gasteiger partial charge in [0.1, 0.15) is 6.61 Å². The molecule has 1 amide bonds. The second-order valence-corrected chi connectivity index (χ2v) is 8.04. The van der Waals surface area contributed by atoms with E-state index in [0.717, 1.165) is 38.0 Å². The van der Waals surface area contributed by atoms with Gasteiger partial charge in [0.2, 0.25) is 5.91 Å². The van der Waals surface area contributed by atoms with Crippen LogP contribution in [-0.2, 0) is 11.3 Å². The van der Waals surface area contributed by atoms with Crippen molar-refractivity contribution in [3.05, 3.63) is 53.7 Å². The summed E-state index contributed by atoms with van der Waals surface area (Å²) in [4.78, 5) is 18.7. The molecule has 160 valence electrons. The normalized spacial score (nSPS) is 20.5. The molecule has 2 N–H and O–H groups in total. The van der Waals surface area contributed by atoms with Gasteiger partial charge >= 0.3 is 0 Å². The SMILES string of the molecule is CN[C@H](C)C(=O)NC1CCN(Cc2ccc(C3COc4cccnc4O3)cc2)CC1. The number of rotatable bonds is 6. The first-order valence-corrected chi connectivity index (χ1v) is 10.7. The summed E-state index contributed by atoms with van der Waals surface area (Å²) >= 11 is 0. The Kier molecular flexibility index (Phi) is 6.50. The smallest absolute Gasteiger partial charge is 0.257 e. The Morgan fingerprint density at radius 1 is 1.23 bits per heavy atom. The van der Waals surface area contributed by atoms with Gasteiger partial charge in [0.15, 0.2) is 11.9 Å². The first kappa shape index (κ1) is 20.6. The molecule has 1 saturated heterocycles. The number of likely N-dealkylation sites (tertiary alicyclic amines) is 1. The summed E-state index contributed by atoms with van der Waals surface area (Å²) in [7, 11) is 1.81. The van der Waals surface area contributed by atoms with Crippen molar-refractivity contribution in [2.45, 2.75) is 44.5 Å². The van der Waals surface area contributed by atoms with Gasteiger partial charge in [-0.25, -0.2) is 4.98 Å². The third kappa shape index (κ3) is 4.91.